The summed E-state index contributed by atoms with van der Waals surface area (Å²) in [6.07, 6.45) is 5.77. The van der Waals surface area contributed by atoms with E-state index < -0.39 is 11.7 Å². The Morgan fingerprint density at radius 2 is 1.89 bits per heavy atom. The van der Waals surface area contributed by atoms with E-state index in [1.54, 1.807) is 18.2 Å². The highest BCUT2D eigenvalue weighted by atomic mass is 19.1. The molecule has 1 aliphatic carbocycles. The van der Waals surface area contributed by atoms with E-state index in [1.165, 1.54) is 30.9 Å². The van der Waals surface area contributed by atoms with Crippen LogP contribution in [0.15, 0.2) is 36.4 Å². The molecule has 0 unspecified atom stereocenters. The number of aromatic nitrogens is 1. The van der Waals surface area contributed by atoms with Crippen molar-refractivity contribution in [3.63, 3.8) is 0 Å². The van der Waals surface area contributed by atoms with Crippen molar-refractivity contribution in [3.05, 3.63) is 53.3 Å². The van der Waals surface area contributed by atoms with Crippen molar-refractivity contribution < 1.29 is 14.3 Å². The molecule has 27 heavy (non-hydrogen) atoms. The van der Waals surface area contributed by atoms with Crippen LogP contribution in [0, 0.1) is 5.82 Å². The fraction of sp³-hybridized carbons (Fsp3) is 0.318. The molecular formula is C22H23FN2O2. The van der Waals surface area contributed by atoms with Crippen LogP contribution in [0.4, 0.5) is 4.39 Å². The summed E-state index contributed by atoms with van der Waals surface area (Å²) >= 11 is 0. The lowest BCUT2D eigenvalue weighted by Gasteiger charge is -2.23. The second-order valence-electron chi connectivity index (χ2n) is 7.41. The zero-order chi connectivity index (χ0) is 19.1. The van der Waals surface area contributed by atoms with Gasteiger partial charge in [0.15, 0.2) is 0 Å². The first-order valence-corrected chi connectivity index (χ1v) is 9.38. The molecule has 1 heterocycles. The number of aromatic hydroxyl groups is 1. The van der Waals surface area contributed by atoms with Gasteiger partial charge in [0.25, 0.3) is 0 Å². The molecule has 0 radical (unpaired) electrons. The summed E-state index contributed by atoms with van der Waals surface area (Å²) in [6.45, 7) is 0. The number of carbonyl (C=O) groups excluding carboxylic acids is 1. The standard InChI is InChI=1S/C22H23FN2O2/c1-25-18-11-14(22(24)27)7-9-16(18)20(13-5-3-2-4-6-13)21(25)17-10-8-15(23)12-19(17)26/h7-13,26H,2-6H2,1H3,(H2,24,27). The summed E-state index contributed by atoms with van der Waals surface area (Å²) in [5.74, 6) is -0.636. The molecule has 1 fully saturated rings. The average molecular weight is 366 g/mol. The first-order chi connectivity index (χ1) is 13.0. The first-order valence-electron chi connectivity index (χ1n) is 9.38. The molecule has 1 aliphatic rings. The van der Waals surface area contributed by atoms with E-state index in [4.69, 9.17) is 5.73 Å². The SMILES string of the molecule is Cn1c(-c2ccc(F)cc2O)c(C2CCCCC2)c2ccc(C(N)=O)cc21. The minimum Gasteiger partial charge on any atom is -0.507 e. The van der Waals surface area contributed by atoms with Crippen LogP contribution in [0.5, 0.6) is 5.75 Å². The third-order valence-corrected chi connectivity index (χ3v) is 5.75. The molecule has 1 saturated carbocycles. The summed E-state index contributed by atoms with van der Waals surface area (Å²) in [7, 11) is 1.91. The minimum absolute atomic E-state index is 0.0758. The number of nitrogens with zero attached hydrogens (tertiary/aromatic N) is 1. The van der Waals surface area contributed by atoms with Gasteiger partial charge in [0.2, 0.25) is 5.91 Å². The van der Waals surface area contributed by atoms with Gasteiger partial charge in [0, 0.05) is 35.1 Å². The Hall–Kier alpha value is -2.82. The zero-order valence-electron chi connectivity index (χ0n) is 15.3. The van der Waals surface area contributed by atoms with Gasteiger partial charge >= 0.3 is 0 Å². The van der Waals surface area contributed by atoms with Crippen molar-refractivity contribution in [2.75, 3.05) is 0 Å². The summed E-state index contributed by atoms with van der Waals surface area (Å²) < 4.78 is 15.5. The first kappa shape index (κ1) is 17.6. The second-order valence-corrected chi connectivity index (χ2v) is 7.41. The predicted octanol–water partition coefficient (Wildman–Crippen LogP) is 4.84. The number of rotatable bonds is 3. The molecule has 3 N–H and O–H groups in total. The van der Waals surface area contributed by atoms with E-state index in [0.29, 0.717) is 17.0 Å². The maximum Gasteiger partial charge on any atom is 0.248 e. The van der Waals surface area contributed by atoms with Gasteiger partial charge in [-0.15, -0.1) is 0 Å². The zero-order valence-corrected chi connectivity index (χ0v) is 15.3. The van der Waals surface area contributed by atoms with Crippen molar-refractivity contribution in [1.82, 2.24) is 4.57 Å². The topological polar surface area (TPSA) is 68.2 Å². The molecule has 2 aromatic carbocycles. The van der Waals surface area contributed by atoms with Gasteiger partial charge in [-0.3, -0.25) is 4.79 Å². The van der Waals surface area contributed by atoms with Crippen LogP contribution in [0.2, 0.25) is 0 Å². The maximum absolute atomic E-state index is 13.5. The van der Waals surface area contributed by atoms with Crippen LogP contribution in [0.25, 0.3) is 22.2 Å². The quantitative estimate of drug-likeness (QED) is 0.697. The van der Waals surface area contributed by atoms with E-state index in [0.717, 1.165) is 35.5 Å². The Kier molecular flexibility index (Phi) is 4.38. The van der Waals surface area contributed by atoms with Crippen LogP contribution in [-0.4, -0.2) is 15.6 Å². The molecule has 4 nitrogen and oxygen atoms in total. The number of phenols is 1. The smallest absolute Gasteiger partial charge is 0.248 e. The monoisotopic (exact) mass is 366 g/mol. The molecule has 3 aromatic rings. The predicted molar refractivity (Wildman–Crippen MR) is 104 cm³/mol. The van der Waals surface area contributed by atoms with Gasteiger partial charge in [-0.1, -0.05) is 25.3 Å². The highest BCUT2D eigenvalue weighted by Gasteiger charge is 2.27. The lowest BCUT2D eigenvalue weighted by Crippen LogP contribution is -2.10. The number of primary amides is 1. The van der Waals surface area contributed by atoms with Gasteiger partial charge in [-0.2, -0.15) is 0 Å². The minimum atomic E-state index is -0.469. The van der Waals surface area contributed by atoms with Gasteiger partial charge in [0.1, 0.15) is 11.6 Å². The second kappa shape index (κ2) is 6.72. The number of nitrogens with two attached hydrogens (primary N) is 1. The normalized spacial score (nSPS) is 15.3. The maximum atomic E-state index is 13.5. The van der Waals surface area contributed by atoms with Gasteiger partial charge < -0.3 is 15.4 Å². The number of hydrogen-bond acceptors (Lipinski definition) is 2. The third kappa shape index (κ3) is 2.97. The average Bonchev–Trinajstić information content (AvgIpc) is 2.94. The number of aryl methyl sites for hydroxylation is 1. The van der Waals surface area contributed by atoms with Gasteiger partial charge in [-0.05, 0) is 48.6 Å². The van der Waals surface area contributed by atoms with E-state index in [1.807, 2.05) is 17.7 Å². The van der Waals surface area contributed by atoms with Crippen LogP contribution >= 0.6 is 0 Å². The molecule has 0 saturated heterocycles. The third-order valence-electron chi connectivity index (χ3n) is 5.75. The highest BCUT2D eigenvalue weighted by molar-refractivity contribution is 6.00. The van der Waals surface area contributed by atoms with Crippen molar-refractivity contribution in [1.29, 1.82) is 0 Å². The molecular weight excluding hydrogens is 343 g/mol. The number of fused-ring (bicyclic) bond motifs is 1. The van der Waals surface area contributed by atoms with E-state index >= 15 is 0 Å². The summed E-state index contributed by atoms with van der Waals surface area (Å²) in [6, 6.07) is 9.64. The van der Waals surface area contributed by atoms with Gasteiger partial charge in [-0.25, -0.2) is 4.39 Å². The Morgan fingerprint density at radius 1 is 1.15 bits per heavy atom. The Balaban J connectivity index is 2.02. The number of carbonyl (C=O) groups is 1. The Morgan fingerprint density at radius 3 is 2.56 bits per heavy atom. The highest BCUT2D eigenvalue weighted by Crippen LogP contribution is 2.45. The molecule has 0 atom stereocenters. The molecule has 140 valence electrons. The van der Waals surface area contributed by atoms with E-state index in [2.05, 4.69) is 0 Å². The fourth-order valence-corrected chi connectivity index (χ4v) is 4.45. The summed E-state index contributed by atoms with van der Waals surface area (Å²) in [5.41, 5.74) is 9.47. The van der Waals surface area contributed by atoms with E-state index in [9.17, 15) is 14.3 Å². The lowest BCUT2D eigenvalue weighted by molar-refractivity contribution is 0.100. The van der Waals surface area contributed by atoms with Crippen LogP contribution in [-0.2, 0) is 7.05 Å². The van der Waals surface area contributed by atoms with E-state index in [-0.39, 0.29) is 5.75 Å². The number of benzene rings is 2. The summed E-state index contributed by atoms with van der Waals surface area (Å²) in [4.78, 5) is 11.6. The number of halogens is 1. The Labute approximate surface area is 157 Å². The van der Waals surface area contributed by atoms with Crippen molar-refractivity contribution in [2.45, 2.75) is 38.0 Å². The van der Waals surface area contributed by atoms with Crippen molar-refractivity contribution in [3.8, 4) is 17.0 Å². The van der Waals surface area contributed by atoms with Crippen LogP contribution in [0.3, 0.4) is 0 Å². The fourth-order valence-electron chi connectivity index (χ4n) is 4.45. The molecule has 5 heteroatoms. The molecule has 4 rings (SSSR count). The van der Waals surface area contributed by atoms with Crippen LogP contribution < -0.4 is 5.73 Å². The van der Waals surface area contributed by atoms with Crippen LogP contribution in [0.1, 0.15) is 53.9 Å². The largest absolute Gasteiger partial charge is 0.507 e. The number of amides is 1. The number of hydrogen-bond donors (Lipinski definition) is 2. The molecule has 0 aliphatic heterocycles. The number of phenolic OH excluding ortho intramolecular Hbond substituents is 1. The van der Waals surface area contributed by atoms with Gasteiger partial charge in [0.05, 0.1) is 5.69 Å². The molecule has 0 bridgehead atoms. The molecule has 1 aromatic heterocycles. The summed E-state index contributed by atoms with van der Waals surface area (Å²) in [5, 5.41) is 11.5. The van der Waals surface area contributed by atoms with Crippen molar-refractivity contribution in [2.24, 2.45) is 12.8 Å². The Bertz CT molecular complexity index is 1030. The van der Waals surface area contributed by atoms with Crippen molar-refractivity contribution >= 4 is 16.8 Å². The molecule has 1 amide bonds. The lowest BCUT2D eigenvalue weighted by atomic mass is 9.81. The molecule has 0 spiro atoms.